The Bertz CT molecular complexity index is 522. The van der Waals surface area contributed by atoms with Gasteiger partial charge in [-0.1, -0.05) is 61.5 Å². The molecule has 0 radical (unpaired) electrons. The van der Waals surface area contributed by atoms with Crippen molar-refractivity contribution < 1.29 is 0 Å². The fraction of sp³-hybridized carbons (Fsp3) is 0.333. The van der Waals surface area contributed by atoms with Gasteiger partial charge in [-0.3, -0.25) is 4.90 Å². The summed E-state index contributed by atoms with van der Waals surface area (Å²) in [6, 6.07) is 19.5. The van der Waals surface area contributed by atoms with Gasteiger partial charge in [-0.05, 0) is 30.2 Å². The first-order chi connectivity index (χ1) is 9.76. The van der Waals surface area contributed by atoms with E-state index in [-0.39, 0.29) is 0 Å². The molecular weight excluding hydrogens is 244 g/mol. The van der Waals surface area contributed by atoms with Crippen LogP contribution >= 0.6 is 0 Å². The lowest BCUT2D eigenvalue weighted by Gasteiger charge is -2.29. The first-order valence-electron chi connectivity index (χ1n) is 7.32. The van der Waals surface area contributed by atoms with E-state index in [9.17, 15) is 0 Å². The van der Waals surface area contributed by atoms with Gasteiger partial charge in [0.2, 0.25) is 0 Å². The molecule has 0 fully saturated rings. The third-order valence-corrected chi connectivity index (χ3v) is 3.95. The molecule has 2 rings (SSSR count). The monoisotopic (exact) mass is 268 g/mol. The Labute approximate surface area is 122 Å². The topological polar surface area (TPSA) is 29.3 Å². The second-order valence-electron chi connectivity index (χ2n) is 5.12. The van der Waals surface area contributed by atoms with Crippen molar-refractivity contribution in [2.45, 2.75) is 33.0 Å². The SMILES string of the molecule is CCN(Cc1ccccc1CN)C(C)c1ccccc1. The molecule has 0 bridgehead atoms. The van der Waals surface area contributed by atoms with Gasteiger partial charge in [0.1, 0.15) is 0 Å². The van der Waals surface area contributed by atoms with E-state index in [0.717, 1.165) is 13.1 Å². The maximum Gasteiger partial charge on any atom is 0.0323 e. The van der Waals surface area contributed by atoms with E-state index in [4.69, 9.17) is 5.73 Å². The van der Waals surface area contributed by atoms with Gasteiger partial charge >= 0.3 is 0 Å². The summed E-state index contributed by atoms with van der Waals surface area (Å²) in [7, 11) is 0. The summed E-state index contributed by atoms with van der Waals surface area (Å²) in [6.45, 7) is 7.05. The second kappa shape index (κ2) is 7.22. The van der Waals surface area contributed by atoms with Crippen LogP contribution in [-0.4, -0.2) is 11.4 Å². The maximum atomic E-state index is 5.84. The third kappa shape index (κ3) is 3.47. The minimum Gasteiger partial charge on any atom is -0.326 e. The van der Waals surface area contributed by atoms with Gasteiger partial charge in [0, 0.05) is 19.1 Å². The molecule has 2 heteroatoms. The van der Waals surface area contributed by atoms with Crippen molar-refractivity contribution in [1.82, 2.24) is 4.90 Å². The predicted molar refractivity (Wildman–Crippen MR) is 85.3 cm³/mol. The van der Waals surface area contributed by atoms with Gasteiger partial charge in [0.05, 0.1) is 0 Å². The molecule has 0 aliphatic carbocycles. The van der Waals surface area contributed by atoms with E-state index in [1.165, 1.54) is 16.7 Å². The largest absolute Gasteiger partial charge is 0.326 e. The minimum atomic E-state index is 0.409. The summed E-state index contributed by atoms with van der Waals surface area (Å²) in [5, 5.41) is 0. The Morgan fingerprint density at radius 2 is 1.55 bits per heavy atom. The molecule has 0 aromatic heterocycles. The summed E-state index contributed by atoms with van der Waals surface area (Å²) in [4.78, 5) is 2.48. The van der Waals surface area contributed by atoms with Gasteiger partial charge in [0.15, 0.2) is 0 Å². The fourth-order valence-corrected chi connectivity index (χ4v) is 2.59. The van der Waals surface area contributed by atoms with Crippen molar-refractivity contribution in [1.29, 1.82) is 0 Å². The average molecular weight is 268 g/mol. The third-order valence-electron chi connectivity index (χ3n) is 3.95. The Morgan fingerprint density at radius 1 is 0.950 bits per heavy atom. The molecule has 20 heavy (non-hydrogen) atoms. The van der Waals surface area contributed by atoms with Crippen LogP contribution < -0.4 is 5.73 Å². The fourth-order valence-electron chi connectivity index (χ4n) is 2.59. The molecule has 0 heterocycles. The Hall–Kier alpha value is -1.64. The Morgan fingerprint density at radius 3 is 2.15 bits per heavy atom. The number of nitrogens with zero attached hydrogens (tertiary/aromatic N) is 1. The van der Waals surface area contributed by atoms with Crippen LogP contribution in [0.3, 0.4) is 0 Å². The molecule has 2 nitrogen and oxygen atoms in total. The van der Waals surface area contributed by atoms with Crippen LogP contribution in [0.5, 0.6) is 0 Å². The van der Waals surface area contributed by atoms with Crippen molar-refractivity contribution in [3.8, 4) is 0 Å². The zero-order valence-electron chi connectivity index (χ0n) is 12.4. The maximum absolute atomic E-state index is 5.84. The summed E-state index contributed by atoms with van der Waals surface area (Å²) in [5.41, 5.74) is 9.77. The molecule has 0 spiro atoms. The number of rotatable bonds is 6. The summed E-state index contributed by atoms with van der Waals surface area (Å²) >= 11 is 0. The molecule has 2 N–H and O–H groups in total. The van der Waals surface area contributed by atoms with Gasteiger partial charge in [0.25, 0.3) is 0 Å². The summed E-state index contributed by atoms with van der Waals surface area (Å²) in [5.74, 6) is 0. The van der Waals surface area contributed by atoms with Crippen LogP contribution in [-0.2, 0) is 13.1 Å². The zero-order valence-corrected chi connectivity index (χ0v) is 12.4. The van der Waals surface area contributed by atoms with Crippen LogP contribution in [0, 0.1) is 0 Å². The molecule has 2 aromatic carbocycles. The second-order valence-corrected chi connectivity index (χ2v) is 5.12. The van der Waals surface area contributed by atoms with Crippen LogP contribution in [0.1, 0.15) is 36.6 Å². The van der Waals surface area contributed by atoms with Gasteiger partial charge in [-0.25, -0.2) is 0 Å². The quantitative estimate of drug-likeness (QED) is 0.865. The number of nitrogens with two attached hydrogens (primary N) is 1. The Balaban J connectivity index is 2.17. The van der Waals surface area contributed by atoms with Crippen LogP contribution in [0.15, 0.2) is 54.6 Å². The van der Waals surface area contributed by atoms with Crippen molar-refractivity contribution in [2.24, 2.45) is 5.73 Å². The molecule has 0 saturated heterocycles. The molecule has 1 unspecified atom stereocenters. The van der Waals surface area contributed by atoms with Crippen molar-refractivity contribution in [3.05, 3.63) is 71.3 Å². The molecular formula is C18H24N2. The molecule has 0 aliphatic rings. The highest BCUT2D eigenvalue weighted by atomic mass is 15.1. The van der Waals surface area contributed by atoms with E-state index in [2.05, 4.69) is 73.3 Å². The van der Waals surface area contributed by atoms with E-state index in [1.54, 1.807) is 0 Å². The van der Waals surface area contributed by atoms with Crippen LogP contribution in [0.25, 0.3) is 0 Å². The first kappa shape index (κ1) is 14.8. The highest BCUT2D eigenvalue weighted by Gasteiger charge is 2.15. The molecule has 0 aliphatic heterocycles. The van der Waals surface area contributed by atoms with Crippen LogP contribution in [0.2, 0.25) is 0 Å². The standard InChI is InChI=1S/C18H24N2/c1-3-20(15(2)16-9-5-4-6-10-16)14-18-12-8-7-11-17(18)13-19/h4-12,15H,3,13-14,19H2,1-2H3. The molecule has 0 amide bonds. The first-order valence-corrected chi connectivity index (χ1v) is 7.32. The van der Waals surface area contributed by atoms with Crippen molar-refractivity contribution >= 4 is 0 Å². The van der Waals surface area contributed by atoms with E-state index >= 15 is 0 Å². The molecule has 0 saturated carbocycles. The van der Waals surface area contributed by atoms with Gasteiger partial charge in [-0.15, -0.1) is 0 Å². The predicted octanol–water partition coefficient (Wildman–Crippen LogP) is 3.73. The lowest BCUT2D eigenvalue weighted by molar-refractivity contribution is 0.212. The zero-order chi connectivity index (χ0) is 14.4. The highest BCUT2D eigenvalue weighted by molar-refractivity contribution is 5.27. The number of hydrogen-bond donors (Lipinski definition) is 1. The lowest BCUT2D eigenvalue weighted by Crippen LogP contribution is -2.27. The molecule has 106 valence electrons. The minimum absolute atomic E-state index is 0.409. The molecule has 1 atom stereocenters. The normalized spacial score (nSPS) is 12.6. The molecule has 2 aromatic rings. The number of benzene rings is 2. The van der Waals surface area contributed by atoms with Crippen molar-refractivity contribution in [2.75, 3.05) is 6.54 Å². The number of hydrogen-bond acceptors (Lipinski definition) is 2. The smallest absolute Gasteiger partial charge is 0.0323 e. The summed E-state index contributed by atoms with van der Waals surface area (Å²) < 4.78 is 0. The van der Waals surface area contributed by atoms with Gasteiger partial charge in [-0.2, -0.15) is 0 Å². The van der Waals surface area contributed by atoms with Crippen LogP contribution in [0.4, 0.5) is 0 Å². The summed E-state index contributed by atoms with van der Waals surface area (Å²) in [6.07, 6.45) is 0. The lowest BCUT2D eigenvalue weighted by atomic mass is 10.0. The highest BCUT2D eigenvalue weighted by Crippen LogP contribution is 2.22. The van der Waals surface area contributed by atoms with Gasteiger partial charge < -0.3 is 5.73 Å². The van der Waals surface area contributed by atoms with E-state index in [1.807, 2.05) is 0 Å². The van der Waals surface area contributed by atoms with E-state index in [0.29, 0.717) is 12.6 Å². The average Bonchev–Trinajstić information content (AvgIpc) is 2.53. The van der Waals surface area contributed by atoms with Crippen molar-refractivity contribution in [3.63, 3.8) is 0 Å². The Kier molecular flexibility index (Phi) is 5.33. The van der Waals surface area contributed by atoms with E-state index < -0.39 is 0 Å².